The highest BCUT2D eigenvalue weighted by molar-refractivity contribution is 5.71. The van der Waals surface area contributed by atoms with Gasteiger partial charge in [0.15, 0.2) is 6.10 Å². The molecule has 0 aromatic carbocycles. The van der Waals surface area contributed by atoms with E-state index in [4.69, 9.17) is 14.2 Å². The quantitative estimate of drug-likeness (QED) is 0.0373. The zero-order chi connectivity index (χ0) is 34.5. The Morgan fingerprint density at radius 3 is 0.851 bits per heavy atom. The van der Waals surface area contributed by atoms with Crippen molar-refractivity contribution in [2.45, 2.75) is 232 Å². The molecule has 0 aromatic rings. The molecule has 0 heterocycles. The predicted octanol–water partition coefficient (Wildman–Crippen LogP) is 12.5. The van der Waals surface area contributed by atoms with Crippen LogP contribution in [0.3, 0.4) is 0 Å². The topological polar surface area (TPSA) is 78.9 Å². The molecule has 0 N–H and O–H groups in total. The fourth-order valence-corrected chi connectivity index (χ4v) is 5.97. The highest BCUT2D eigenvalue weighted by Gasteiger charge is 2.19. The second-order valence-corrected chi connectivity index (χ2v) is 13.9. The van der Waals surface area contributed by atoms with Crippen molar-refractivity contribution in [3.63, 3.8) is 0 Å². The number of hydrogen-bond acceptors (Lipinski definition) is 6. The van der Waals surface area contributed by atoms with Crippen molar-refractivity contribution in [2.24, 2.45) is 0 Å². The first kappa shape index (κ1) is 45.4. The Hall–Kier alpha value is -1.59. The van der Waals surface area contributed by atoms with Gasteiger partial charge in [0.05, 0.1) is 0 Å². The van der Waals surface area contributed by atoms with Crippen LogP contribution in [0.15, 0.2) is 0 Å². The van der Waals surface area contributed by atoms with Gasteiger partial charge in [0.2, 0.25) is 0 Å². The number of esters is 3. The molecular weight excluding hydrogens is 588 g/mol. The normalized spacial score (nSPS) is 11.8. The van der Waals surface area contributed by atoms with Gasteiger partial charge in [-0.25, -0.2) is 0 Å². The van der Waals surface area contributed by atoms with E-state index >= 15 is 0 Å². The van der Waals surface area contributed by atoms with Gasteiger partial charge >= 0.3 is 17.9 Å². The van der Waals surface area contributed by atoms with Gasteiger partial charge < -0.3 is 14.2 Å². The maximum atomic E-state index is 12.6. The van der Waals surface area contributed by atoms with Crippen LogP contribution in [0.4, 0.5) is 0 Å². The zero-order valence-corrected chi connectivity index (χ0v) is 31.6. The van der Waals surface area contributed by atoms with E-state index in [0.29, 0.717) is 19.3 Å². The van der Waals surface area contributed by atoms with Gasteiger partial charge in [-0.3, -0.25) is 14.4 Å². The van der Waals surface area contributed by atoms with Crippen LogP contribution >= 0.6 is 0 Å². The minimum Gasteiger partial charge on any atom is -0.462 e. The minimum absolute atomic E-state index is 0.0640. The highest BCUT2D eigenvalue weighted by Crippen LogP contribution is 2.15. The van der Waals surface area contributed by atoms with E-state index in [1.807, 2.05) is 0 Å². The first-order valence-electron chi connectivity index (χ1n) is 20.5. The molecule has 0 rings (SSSR count). The summed E-state index contributed by atoms with van der Waals surface area (Å²) in [5.74, 6) is -0.867. The van der Waals surface area contributed by atoms with E-state index in [9.17, 15) is 14.4 Å². The summed E-state index contributed by atoms with van der Waals surface area (Å²) >= 11 is 0. The summed E-state index contributed by atoms with van der Waals surface area (Å²) in [6.07, 6.45) is 35.2. The Bertz CT molecular complexity index is 693. The standard InChI is InChI=1S/C41H78O6/c1-4-7-10-13-16-19-20-21-22-23-26-28-31-34-40(43)46-37-38(47-41(44)35-32-29-25-18-15-12-9-6-3)36-45-39(42)33-30-27-24-17-14-11-8-5-2/h38H,4-37H2,1-3H3. The molecule has 0 spiro atoms. The molecule has 0 fully saturated rings. The smallest absolute Gasteiger partial charge is 0.306 e. The predicted molar refractivity (Wildman–Crippen MR) is 197 cm³/mol. The van der Waals surface area contributed by atoms with E-state index in [0.717, 1.165) is 57.8 Å². The zero-order valence-electron chi connectivity index (χ0n) is 31.6. The molecule has 47 heavy (non-hydrogen) atoms. The molecule has 0 aliphatic rings. The molecule has 0 bridgehead atoms. The number of unbranched alkanes of at least 4 members (excludes halogenated alkanes) is 26. The SMILES string of the molecule is CCCCCCCCCCCCCCCC(=O)OCC(COC(=O)CCCCCCCCCC)OC(=O)CCCCCCCCCC. The minimum atomic E-state index is -0.755. The first-order valence-corrected chi connectivity index (χ1v) is 20.5. The second-order valence-electron chi connectivity index (χ2n) is 13.9. The fourth-order valence-electron chi connectivity index (χ4n) is 5.97. The lowest BCUT2D eigenvalue weighted by Gasteiger charge is -2.18. The molecule has 0 aliphatic carbocycles. The molecule has 6 heteroatoms. The van der Waals surface area contributed by atoms with Crippen LogP contribution in [0.1, 0.15) is 226 Å². The van der Waals surface area contributed by atoms with Crippen LogP contribution in [0.25, 0.3) is 0 Å². The van der Waals surface area contributed by atoms with Crippen molar-refractivity contribution >= 4 is 17.9 Å². The molecule has 1 unspecified atom stereocenters. The lowest BCUT2D eigenvalue weighted by molar-refractivity contribution is -0.167. The van der Waals surface area contributed by atoms with Crippen LogP contribution in [-0.4, -0.2) is 37.2 Å². The third kappa shape index (κ3) is 35.5. The number of hydrogen-bond donors (Lipinski definition) is 0. The summed E-state index contributed by atoms with van der Waals surface area (Å²) in [5.41, 5.74) is 0. The molecule has 0 saturated carbocycles. The van der Waals surface area contributed by atoms with Gasteiger partial charge in [-0.1, -0.05) is 188 Å². The van der Waals surface area contributed by atoms with Crippen LogP contribution in [-0.2, 0) is 28.6 Å². The van der Waals surface area contributed by atoms with E-state index in [-0.39, 0.29) is 31.1 Å². The third-order valence-corrected chi connectivity index (χ3v) is 9.11. The monoisotopic (exact) mass is 667 g/mol. The molecule has 0 radical (unpaired) electrons. The van der Waals surface area contributed by atoms with Crippen molar-refractivity contribution < 1.29 is 28.6 Å². The molecule has 0 aromatic heterocycles. The van der Waals surface area contributed by atoms with E-state index in [1.54, 1.807) is 0 Å². The van der Waals surface area contributed by atoms with Crippen molar-refractivity contribution in [2.75, 3.05) is 13.2 Å². The Kier molecular flexibility index (Phi) is 36.0. The molecule has 278 valence electrons. The Labute approximate surface area is 291 Å². The Morgan fingerprint density at radius 2 is 0.574 bits per heavy atom. The fraction of sp³-hybridized carbons (Fsp3) is 0.927. The van der Waals surface area contributed by atoms with E-state index in [2.05, 4.69) is 20.8 Å². The van der Waals surface area contributed by atoms with Crippen LogP contribution in [0.5, 0.6) is 0 Å². The molecular formula is C41H78O6. The Balaban J connectivity index is 4.27. The van der Waals surface area contributed by atoms with Crippen molar-refractivity contribution in [3.8, 4) is 0 Å². The molecule has 0 aliphatic heterocycles. The van der Waals surface area contributed by atoms with Crippen LogP contribution in [0.2, 0.25) is 0 Å². The van der Waals surface area contributed by atoms with Gasteiger partial charge in [-0.15, -0.1) is 0 Å². The van der Waals surface area contributed by atoms with Crippen molar-refractivity contribution in [3.05, 3.63) is 0 Å². The van der Waals surface area contributed by atoms with E-state index in [1.165, 1.54) is 128 Å². The summed E-state index contributed by atoms with van der Waals surface area (Å²) in [6.45, 7) is 6.58. The molecule has 6 nitrogen and oxygen atoms in total. The average Bonchev–Trinajstić information content (AvgIpc) is 3.06. The highest BCUT2D eigenvalue weighted by atomic mass is 16.6. The average molecular weight is 667 g/mol. The summed E-state index contributed by atoms with van der Waals surface area (Å²) in [5, 5.41) is 0. The first-order chi connectivity index (χ1) is 23.0. The summed E-state index contributed by atoms with van der Waals surface area (Å²) in [4.78, 5) is 37.3. The van der Waals surface area contributed by atoms with Gasteiger partial charge in [-0.05, 0) is 19.3 Å². The van der Waals surface area contributed by atoms with Gasteiger partial charge in [0.1, 0.15) is 13.2 Å². The molecule has 1 atom stereocenters. The van der Waals surface area contributed by atoms with Crippen LogP contribution < -0.4 is 0 Å². The second kappa shape index (κ2) is 37.2. The third-order valence-electron chi connectivity index (χ3n) is 9.11. The summed E-state index contributed by atoms with van der Waals surface area (Å²) in [6, 6.07) is 0. The summed E-state index contributed by atoms with van der Waals surface area (Å²) < 4.78 is 16.6. The lowest BCUT2D eigenvalue weighted by atomic mass is 10.0. The van der Waals surface area contributed by atoms with Crippen molar-refractivity contribution in [1.29, 1.82) is 0 Å². The number of carbonyl (C=O) groups is 3. The van der Waals surface area contributed by atoms with Crippen LogP contribution in [0, 0.1) is 0 Å². The Morgan fingerprint density at radius 1 is 0.340 bits per heavy atom. The molecule has 0 amide bonds. The number of carbonyl (C=O) groups excluding carboxylic acids is 3. The number of ether oxygens (including phenoxy) is 3. The van der Waals surface area contributed by atoms with Gasteiger partial charge in [0.25, 0.3) is 0 Å². The molecule has 0 saturated heterocycles. The van der Waals surface area contributed by atoms with Gasteiger partial charge in [-0.2, -0.15) is 0 Å². The maximum Gasteiger partial charge on any atom is 0.306 e. The maximum absolute atomic E-state index is 12.6. The summed E-state index contributed by atoms with van der Waals surface area (Å²) in [7, 11) is 0. The number of rotatable bonds is 37. The lowest BCUT2D eigenvalue weighted by Crippen LogP contribution is -2.30. The largest absolute Gasteiger partial charge is 0.462 e. The van der Waals surface area contributed by atoms with Crippen molar-refractivity contribution in [1.82, 2.24) is 0 Å². The van der Waals surface area contributed by atoms with Gasteiger partial charge in [0, 0.05) is 19.3 Å². The van der Waals surface area contributed by atoms with E-state index < -0.39 is 6.10 Å².